The number of hydrogen-bond donors (Lipinski definition) is 2. The van der Waals surface area contributed by atoms with Gasteiger partial charge in [-0.3, -0.25) is 4.99 Å². The molecule has 0 amide bonds. The molecule has 2 N–H and O–H groups in total. The van der Waals surface area contributed by atoms with Crippen molar-refractivity contribution < 1.29 is 4.74 Å². The summed E-state index contributed by atoms with van der Waals surface area (Å²) in [5.74, 6) is 2.90. The second kappa shape index (κ2) is 14.0. The molecule has 126 valence electrons. The van der Waals surface area contributed by atoms with Gasteiger partial charge < -0.3 is 15.4 Å². The first-order valence-electron chi connectivity index (χ1n) is 7.45. The maximum absolute atomic E-state index is 5.65. The number of aliphatic imine (C=N–C) groups is 1. The molecule has 0 unspecified atom stereocenters. The Hall–Kier alpha value is -0.630. The fraction of sp³-hybridized carbons (Fsp3) is 0.562. The quantitative estimate of drug-likeness (QED) is 0.270. The second-order valence-electron chi connectivity index (χ2n) is 4.66. The van der Waals surface area contributed by atoms with Crippen LogP contribution in [0, 0.1) is 0 Å². The van der Waals surface area contributed by atoms with Crippen LogP contribution in [-0.4, -0.2) is 44.7 Å². The Kier molecular flexibility index (Phi) is 13.6. The second-order valence-corrected chi connectivity index (χ2v) is 5.65. The number of benzene rings is 1. The maximum atomic E-state index is 5.65. The maximum Gasteiger partial charge on any atom is 0.191 e. The van der Waals surface area contributed by atoms with Crippen molar-refractivity contribution in [3.8, 4) is 5.75 Å². The highest BCUT2D eigenvalue weighted by molar-refractivity contribution is 14.0. The van der Waals surface area contributed by atoms with Crippen molar-refractivity contribution in [2.75, 3.05) is 38.8 Å². The van der Waals surface area contributed by atoms with Crippen molar-refractivity contribution in [3.05, 3.63) is 29.8 Å². The molecule has 0 spiro atoms. The van der Waals surface area contributed by atoms with Crippen LogP contribution >= 0.6 is 35.7 Å². The zero-order chi connectivity index (χ0) is 15.3. The third-order valence-electron chi connectivity index (χ3n) is 2.90. The number of rotatable bonds is 9. The molecule has 0 aliphatic rings. The van der Waals surface area contributed by atoms with Crippen LogP contribution in [0.4, 0.5) is 0 Å². The summed E-state index contributed by atoms with van der Waals surface area (Å²) in [6, 6.07) is 8.30. The molecule has 0 saturated carbocycles. The van der Waals surface area contributed by atoms with Gasteiger partial charge in [0.05, 0.1) is 6.61 Å². The van der Waals surface area contributed by atoms with Crippen LogP contribution < -0.4 is 15.4 Å². The number of nitrogens with zero attached hydrogens (tertiary/aromatic N) is 1. The molecule has 1 aromatic carbocycles. The van der Waals surface area contributed by atoms with Crippen molar-refractivity contribution in [2.45, 2.75) is 19.8 Å². The van der Waals surface area contributed by atoms with Gasteiger partial charge >= 0.3 is 0 Å². The van der Waals surface area contributed by atoms with Gasteiger partial charge in [0.2, 0.25) is 0 Å². The normalized spacial score (nSPS) is 10.8. The summed E-state index contributed by atoms with van der Waals surface area (Å²) in [5, 5.41) is 6.62. The average Bonchev–Trinajstić information content (AvgIpc) is 2.52. The third kappa shape index (κ3) is 9.40. The molecule has 0 aliphatic heterocycles. The molecule has 0 heterocycles. The van der Waals surface area contributed by atoms with Crippen LogP contribution in [0.3, 0.4) is 0 Å². The molecule has 0 saturated heterocycles. The number of guanidine groups is 1. The summed E-state index contributed by atoms with van der Waals surface area (Å²) in [5.41, 5.74) is 1.27. The van der Waals surface area contributed by atoms with Gasteiger partial charge in [-0.25, -0.2) is 0 Å². The Labute approximate surface area is 155 Å². The summed E-state index contributed by atoms with van der Waals surface area (Å²) in [6.45, 7) is 4.68. The van der Waals surface area contributed by atoms with Gasteiger partial charge in [-0.1, -0.05) is 19.1 Å². The summed E-state index contributed by atoms with van der Waals surface area (Å²) < 4.78 is 5.65. The number of nitrogens with one attached hydrogen (secondary N) is 2. The van der Waals surface area contributed by atoms with Crippen LogP contribution in [0.5, 0.6) is 5.75 Å². The molecular weight excluding hydrogens is 409 g/mol. The minimum absolute atomic E-state index is 0. The highest BCUT2D eigenvalue weighted by Gasteiger charge is 1.99. The number of halogens is 1. The van der Waals surface area contributed by atoms with E-state index in [1.54, 1.807) is 7.05 Å². The first-order valence-corrected chi connectivity index (χ1v) is 8.84. The summed E-state index contributed by atoms with van der Waals surface area (Å²) in [7, 11) is 1.80. The first kappa shape index (κ1) is 21.4. The summed E-state index contributed by atoms with van der Waals surface area (Å²) >= 11 is 1.82. The molecule has 22 heavy (non-hydrogen) atoms. The van der Waals surface area contributed by atoms with Crippen molar-refractivity contribution in [1.29, 1.82) is 0 Å². The summed E-state index contributed by atoms with van der Waals surface area (Å²) in [6.07, 6.45) is 4.09. The van der Waals surface area contributed by atoms with Crippen LogP contribution in [0.25, 0.3) is 0 Å². The van der Waals surface area contributed by atoms with Crippen LogP contribution in [0.1, 0.15) is 18.9 Å². The average molecular weight is 437 g/mol. The smallest absolute Gasteiger partial charge is 0.191 e. The van der Waals surface area contributed by atoms with Gasteiger partial charge in [0.15, 0.2) is 5.96 Å². The van der Waals surface area contributed by atoms with Gasteiger partial charge in [0, 0.05) is 25.9 Å². The Morgan fingerprint density at radius 1 is 1.27 bits per heavy atom. The molecule has 6 heteroatoms. The third-order valence-corrected chi connectivity index (χ3v) is 3.51. The Morgan fingerprint density at radius 2 is 2.05 bits per heavy atom. The van der Waals surface area contributed by atoms with E-state index in [0.29, 0.717) is 0 Å². The fourth-order valence-electron chi connectivity index (χ4n) is 1.83. The van der Waals surface area contributed by atoms with Crippen LogP contribution in [0.2, 0.25) is 0 Å². The molecular formula is C16H28IN3OS. The van der Waals surface area contributed by atoms with Crippen molar-refractivity contribution in [2.24, 2.45) is 4.99 Å². The largest absolute Gasteiger partial charge is 0.494 e. The molecule has 0 radical (unpaired) electrons. The van der Waals surface area contributed by atoms with E-state index in [0.717, 1.165) is 50.0 Å². The minimum Gasteiger partial charge on any atom is -0.494 e. The van der Waals surface area contributed by atoms with E-state index < -0.39 is 0 Å². The van der Waals surface area contributed by atoms with E-state index >= 15 is 0 Å². The van der Waals surface area contributed by atoms with E-state index in [4.69, 9.17) is 4.74 Å². The van der Waals surface area contributed by atoms with E-state index in [-0.39, 0.29) is 24.0 Å². The SMILES string of the molecule is CCCOc1cccc(CCNC(=NC)NCCSC)c1.I. The molecule has 0 aromatic heterocycles. The Bertz CT molecular complexity index is 430. The molecule has 0 bridgehead atoms. The van der Waals surface area contributed by atoms with Crippen LogP contribution in [0.15, 0.2) is 29.3 Å². The lowest BCUT2D eigenvalue weighted by Crippen LogP contribution is -2.39. The van der Waals surface area contributed by atoms with Gasteiger partial charge in [-0.15, -0.1) is 24.0 Å². The van der Waals surface area contributed by atoms with E-state index in [1.165, 1.54) is 5.56 Å². The Morgan fingerprint density at radius 3 is 2.73 bits per heavy atom. The number of thioether (sulfide) groups is 1. The molecule has 1 aromatic rings. The standard InChI is InChI=1S/C16H27N3OS.HI/c1-4-11-20-15-7-5-6-14(13-15)8-9-18-16(17-2)19-10-12-21-3;/h5-7,13H,4,8-12H2,1-3H3,(H2,17,18,19);1H. The van der Waals surface area contributed by atoms with E-state index in [2.05, 4.69) is 40.9 Å². The topological polar surface area (TPSA) is 45.6 Å². The monoisotopic (exact) mass is 437 g/mol. The molecule has 0 atom stereocenters. The van der Waals surface area contributed by atoms with E-state index in [1.807, 2.05) is 23.9 Å². The van der Waals surface area contributed by atoms with E-state index in [9.17, 15) is 0 Å². The molecule has 4 nitrogen and oxygen atoms in total. The van der Waals surface area contributed by atoms with Crippen molar-refractivity contribution in [1.82, 2.24) is 10.6 Å². The highest BCUT2D eigenvalue weighted by Crippen LogP contribution is 2.13. The zero-order valence-corrected chi connectivity index (χ0v) is 16.9. The molecule has 0 fully saturated rings. The molecule has 0 aliphatic carbocycles. The zero-order valence-electron chi connectivity index (χ0n) is 13.7. The predicted molar refractivity (Wildman–Crippen MR) is 109 cm³/mol. The highest BCUT2D eigenvalue weighted by atomic mass is 127. The lowest BCUT2D eigenvalue weighted by molar-refractivity contribution is 0.317. The van der Waals surface area contributed by atoms with Gasteiger partial charge in [0.25, 0.3) is 0 Å². The lowest BCUT2D eigenvalue weighted by atomic mass is 10.1. The van der Waals surface area contributed by atoms with Gasteiger partial charge in [0.1, 0.15) is 5.75 Å². The first-order chi connectivity index (χ1) is 10.3. The molecule has 1 rings (SSSR count). The predicted octanol–water partition coefficient (Wildman–Crippen LogP) is 3.16. The fourth-order valence-corrected chi connectivity index (χ4v) is 2.13. The van der Waals surface area contributed by atoms with Crippen molar-refractivity contribution in [3.63, 3.8) is 0 Å². The lowest BCUT2D eigenvalue weighted by Gasteiger charge is -2.12. The number of hydrogen-bond acceptors (Lipinski definition) is 3. The minimum atomic E-state index is 0. The Balaban J connectivity index is 0.00000441. The van der Waals surface area contributed by atoms with Gasteiger partial charge in [-0.2, -0.15) is 11.8 Å². The van der Waals surface area contributed by atoms with Crippen molar-refractivity contribution >= 4 is 41.7 Å². The van der Waals surface area contributed by atoms with Crippen LogP contribution in [-0.2, 0) is 6.42 Å². The summed E-state index contributed by atoms with van der Waals surface area (Å²) in [4.78, 5) is 4.21. The van der Waals surface area contributed by atoms with Gasteiger partial charge in [-0.05, 0) is 36.8 Å². The number of ether oxygens (including phenoxy) is 1.